The van der Waals surface area contributed by atoms with Crippen molar-refractivity contribution in [2.24, 2.45) is 0 Å². The van der Waals surface area contributed by atoms with Crippen molar-refractivity contribution in [1.82, 2.24) is 5.32 Å². The van der Waals surface area contributed by atoms with E-state index >= 15 is 0 Å². The van der Waals surface area contributed by atoms with Crippen LogP contribution in [0.5, 0.6) is 5.75 Å². The van der Waals surface area contributed by atoms with E-state index < -0.39 is 17.4 Å². The second-order valence-corrected chi connectivity index (χ2v) is 4.04. The summed E-state index contributed by atoms with van der Waals surface area (Å²) < 4.78 is 5.22. The molecule has 1 aromatic rings. The smallest absolute Gasteiger partial charge is 0.329 e. The summed E-state index contributed by atoms with van der Waals surface area (Å²) in [5.41, 5.74) is -1.04. The molecule has 17 heavy (non-hydrogen) atoms. The number of benzene rings is 1. The summed E-state index contributed by atoms with van der Waals surface area (Å²) in [5, 5.41) is 11.4. The highest BCUT2D eigenvalue weighted by molar-refractivity contribution is 5.90. The number of nitrogens with one attached hydrogen (secondary N) is 1. The van der Waals surface area contributed by atoms with E-state index in [0.717, 1.165) is 0 Å². The zero-order chi connectivity index (χ0) is 12.3. The Hall–Kier alpha value is -2.04. The predicted octanol–water partition coefficient (Wildman–Crippen LogP) is 0.799. The number of carbonyl (C=O) groups excluding carboxylic acids is 1. The normalized spacial score (nSPS) is 16.0. The number of aliphatic carboxylic acids is 1. The average molecular weight is 235 g/mol. The maximum Gasteiger partial charge on any atom is 0.329 e. The summed E-state index contributed by atoms with van der Waals surface area (Å²) in [7, 11) is 0. The Kier molecular flexibility index (Phi) is 2.99. The van der Waals surface area contributed by atoms with Gasteiger partial charge in [0.25, 0.3) is 5.91 Å². The van der Waals surface area contributed by atoms with Crippen LogP contribution >= 0.6 is 0 Å². The Labute approximate surface area is 98.4 Å². The monoisotopic (exact) mass is 235 g/mol. The van der Waals surface area contributed by atoms with E-state index in [1.165, 1.54) is 0 Å². The summed E-state index contributed by atoms with van der Waals surface area (Å²) >= 11 is 0. The first-order valence-corrected chi connectivity index (χ1v) is 5.35. The number of carboxylic acid groups (broad SMARTS) is 1. The van der Waals surface area contributed by atoms with Crippen LogP contribution in [0.1, 0.15) is 12.8 Å². The number of carboxylic acids is 1. The molecule has 1 saturated carbocycles. The van der Waals surface area contributed by atoms with Gasteiger partial charge in [-0.05, 0) is 25.0 Å². The largest absolute Gasteiger partial charge is 0.484 e. The zero-order valence-electron chi connectivity index (χ0n) is 9.18. The molecule has 2 N–H and O–H groups in total. The fraction of sp³-hybridized carbons (Fsp3) is 0.333. The summed E-state index contributed by atoms with van der Waals surface area (Å²) in [6.07, 6.45) is 0.971. The molecule has 2 rings (SSSR count). The Morgan fingerprint density at radius 2 is 1.94 bits per heavy atom. The molecule has 0 heterocycles. The summed E-state index contributed by atoms with van der Waals surface area (Å²) in [4.78, 5) is 22.3. The van der Waals surface area contributed by atoms with Crippen molar-refractivity contribution in [3.8, 4) is 5.75 Å². The summed E-state index contributed by atoms with van der Waals surface area (Å²) in [6.45, 7) is -0.168. The van der Waals surface area contributed by atoms with Gasteiger partial charge in [-0.3, -0.25) is 4.79 Å². The molecule has 0 saturated heterocycles. The molecule has 0 aromatic heterocycles. The van der Waals surface area contributed by atoms with Crippen molar-refractivity contribution in [3.63, 3.8) is 0 Å². The molecular weight excluding hydrogens is 222 g/mol. The molecule has 1 amide bonds. The highest BCUT2D eigenvalue weighted by Gasteiger charge is 2.51. The van der Waals surface area contributed by atoms with Crippen LogP contribution in [0, 0.1) is 0 Å². The molecule has 0 atom stereocenters. The minimum atomic E-state index is -1.04. The van der Waals surface area contributed by atoms with Crippen LogP contribution in [0.2, 0.25) is 0 Å². The van der Waals surface area contributed by atoms with Crippen molar-refractivity contribution in [2.75, 3.05) is 6.61 Å². The standard InChI is InChI=1S/C12H13NO4/c14-10(13-12(6-7-12)11(15)16)8-17-9-4-2-1-3-5-9/h1-5H,6-8H2,(H,13,14)(H,15,16). The SMILES string of the molecule is O=C(COc1ccccc1)NC1(C(=O)O)CC1. The molecule has 0 bridgehead atoms. The molecular formula is C12H13NO4. The maximum atomic E-state index is 11.5. The fourth-order valence-electron chi connectivity index (χ4n) is 1.49. The van der Waals surface area contributed by atoms with Gasteiger partial charge in [-0.1, -0.05) is 18.2 Å². The number of rotatable bonds is 5. The van der Waals surface area contributed by atoms with Crippen LogP contribution in [-0.4, -0.2) is 29.1 Å². The summed E-state index contributed by atoms with van der Waals surface area (Å²) in [6, 6.07) is 8.91. The fourth-order valence-corrected chi connectivity index (χ4v) is 1.49. The van der Waals surface area contributed by atoms with E-state index in [1.807, 2.05) is 6.07 Å². The topological polar surface area (TPSA) is 75.6 Å². The lowest BCUT2D eigenvalue weighted by atomic mass is 10.3. The minimum Gasteiger partial charge on any atom is -0.484 e. The van der Waals surface area contributed by atoms with E-state index in [0.29, 0.717) is 18.6 Å². The van der Waals surface area contributed by atoms with Gasteiger partial charge in [0.1, 0.15) is 11.3 Å². The number of ether oxygens (including phenoxy) is 1. The molecule has 1 aromatic carbocycles. The molecule has 5 heteroatoms. The Morgan fingerprint density at radius 3 is 2.47 bits per heavy atom. The third-order valence-electron chi connectivity index (χ3n) is 2.65. The molecule has 0 aliphatic heterocycles. The molecule has 1 fully saturated rings. The highest BCUT2D eigenvalue weighted by Crippen LogP contribution is 2.35. The van der Waals surface area contributed by atoms with Crippen LogP contribution in [0.25, 0.3) is 0 Å². The van der Waals surface area contributed by atoms with Gasteiger partial charge in [-0.15, -0.1) is 0 Å². The second kappa shape index (κ2) is 4.45. The second-order valence-electron chi connectivity index (χ2n) is 4.04. The molecule has 0 unspecified atom stereocenters. The van der Waals surface area contributed by atoms with Gasteiger partial charge in [0.05, 0.1) is 0 Å². The maximum absolute atomic E-state index is 11.5. The van der Waals surface area contributed by atoms with Crippen molar-refractivity contribution >= 4 is 11.9 Å². The van der Waals surface area contributed by atoms with Gasteiger partial charge in [-0.2, -0.15) is 0 Å². The lowest BCUT2D eigenvalue weighted by Crippen LogP contribution is -2.45. The van der Waals surface area contributed by atoms with Gasteiger partial charge in [0.15, 0.2) is 6.61 Å². The number of carbonyl (C=O) groups is 2. The van der Waals surface area contributed by atoms with Gasteiger partial charge >= 0.3 is 5.97 Å². The molecule has 0 spiro atoms. The minimum absolute atomic E-state index is 0.168. The van der Waals surface area contributed by atoms with Crippen LogP contribution in [0.15, 0.2) is 30.3 Å². The average Bonchev–Trinajstić information content (AvgIpc) is 3.09. The van der Waals surface area contributed by atoms with Gasteiger partial charge < -0.3 is 15.2 Å². The van der Waals surface area contributed by atoms with Gasteiger partial charge in [-0.25, -0.2) is 4.79 Å². The number of amides is 1. The first kappa shape index (κ1) is 11.4. The van der Waals surface area contributed by atoms with Gasteiger partial charge in [0, 0.05) is 0 Å². The summed E-state index contributed by atoms with van der Waals surface area (Å²) in [5.74, 6) is -0.804. The quantitative estimate of drug-likeness (QED) is 0.791. The predicted molar refractivity (Wildman–Crippen MR) is 59.7 cm³/mol. The van der Waals surface area contributed by atoms with E-state index in [-0.39, 0.29) is 6.61 Å². The lowest BCUT2D eigenvalue weighted by molar-refractivity contribution is -0.143. The van der Waals surface area contributed by atoms with E-state index in [1.54, 1.807) is 24.3 Å². The van der Waals surface area contributed by atoms with Crippen LogP contribution < -0.4 is 10.1 Å². The Morgan fingerprint density at radius 1 is 1.29 bits per heavy atom. The van der Waals surface area contributed by atoms with E-state index in [4.69, 9.17) is 9.84 Å². The van der Waals surface area contributed by atoms with Crippen molar-refractivity contribution < 1.29 is 19.4 Å². The number of hydrogen-bond acceptors (Lipinski definition) is 3. The van der Waals surface area contributed by atoms with Crippen LogP contribution in [-0.2, 0) is 9.59 Å². The molecule has 5 nitrogen and oxygen atoms in total. The first-order valence-electron chi connectivity index (χ1n) is 5.35. The van der Waals surface area contributed by atoms with Crippen LogP contribution in [0.3, 0.4) is 0 Å². The van der Waals surface area contributed by atoms with Crippen LogP contribution in [0.4, 0.5) is 0 Å². The third kappa shape index (κ3) is 2.75. The van der Waals surface area contributed by atoms with Crippen molar-refractivity contribution in [2.45, 2.75) is 18.4 Å². The Balaban J connectivity index is 1.81. The van der Waals surface area contributed by atoms with Crippen molar-refractivity contribution in [3.05, 3.63) is 30.3 Å². The van der Waals surface area contributed by atoms with E-state index in [9.17, 15) is 9.59 Å². The molecule has 1 aliphatic carbocycles. The zero-order valence-corrected chi connectivity index (χ0v) is 9.18. The van der Waals surface area contributed by atoms with E-state index in [2.05, 4.69) is 5.32 Å². The molecule has 90 valence electrons. The molecule has 1 aliphatic rings. The highest BCUT2D eigenvalue weighted by atomic mass is 16.5. The third-order valence-corrected chi connectivity index (χ3v) is 2.65. The first-order chi connectivity index (χ1) is 8.12. The number of hydrogen-bond donors (Lipinski definition) is 2. The van der Waals surface area contributed by atoms with Crippen molar-refractivity contribution in [1.29, 1.82) is 0 Å². The Bertz CT molecular complexity index is 425. The lowest BCUT2D eigenvalue weighted by Gasteiger charge is -2.12. The number of para-hydroxylation sites is 1. The molecule has 0 radical (unpaired) electrons. The van der Waals surface area contributed by atoms with Gasteiger partial charge in [0.2, 0.25) is 0 Å².